The van der Waals surface area contributed by atoms with Crippen molar-refractivity contribution in [1.82, 2.24) is 14.8 Å². The first kappa shape index (κ1) is 11.9. The minimum atomic E-state index is 0.817. The van der Waals surface area contributed by atoms with Crippen molar-refractivity contribution in [2.75, 3.05) is 5.32 Å². The molecule has 2 heterocycles. The Labute approximate surface area is 115 Å². The lowest BCUT2D eigenvalue weighted by molar-refractivity contribution is 0.880. The lowest BCUT2D eigenvalue weighted by Crippen LogP contribution is -2.00. The topological polar surface area (TPSA) is 42.7 Å². The molecule has 0 aliphatic carbocycles. The monoisotopic (exact) mass is 270 g/mol. The van der Waals surface area contributed by atoms with Gasteiger partial charge in [-0.2, -0.15) is 5.10 Å². The zero-order chi connectivity index (χ0) is 13.1. The molecule has 0 radical (unpaired) electrons. The number of aromatic nitrogens is 3. The normalized spacial score (nSPS) is 10.6. The van der Waals surface area contributed by atoms with Crippen LogP contribution in [0.1, 0.15) is 10.6 Å². The molecule has 0 spiro atoms. The summed E-state index contributed by atoms with van der Waals surface area (Å²) in [6.45, 7) is 2.85. The van der Waals surface area contributed by atoms with Crippen molar-refractivity contribution in [3.8, 4) is 5.69 Å². The molecule has 4 nitrogen and oxygen atoms in total. The highest BCUT2D eigenvalue weighted by molar-refractivity contribution is 7.09. The summed E-state index contributed by atoms with van der Waals surface area (Å²) in [6, 6.07) is 10.1. The number of nitrogens with zero attached hydrogens (tertiary/aromatic N) is 3. The molecule has 0 amide bonds. The maximum atomic E-state index is 4.24. The first-order valence-electron chi connectivity index (χ1n) is 6.06. The second-order valence-corrected chi connectivity index (χ2v) is 5.15. The summed E-state index contributed by atoms with van der Waals surface area (Å²) in [5.41, 5.74) is 5.14. The van der Waals surface area contributed by atoms with Gasteiger partial charge in [-0.1, -0.05) is 0 Å². The Balaban J connectivity index is 1.68. The molecule has 0 saturated carbocycles. The molecule has 3 aromatic rings. The van der Waals surface area contributed by atoms with E-state index in [2.05, 4.69) is 39.7 Å². The van der Waals surface area contributed by atoms with Gasteiger partial charge in [0.2, 0.25) is 0 Å². The van der Waals surface area contributed by atoms with Crippen LogP contribution in [0.25, 0.3) is 5.69 Å². The number of hydrogen-bond acceptors (Lipinski definition) is 4. The average Bonchev–Trinajstić information content (AvgIpc) is 3.09. The fraction of sp³-hybridized carbons (Fsp3) is 0.143. The van der Waals surface area contributed by atoms with Crippen molar-refractivity contribution in [2.45, 2.75) is 13.5 Å². The Kier molecular flexibility index (Phi) is 3.29. The summed E-state index contributed by atoms with van der Waals surface area (Å²) in [6.07, 6.45) is 3.71. The third-order valence-corrected chi connectivity index (χ3v) is 3.87. The minimum absolute atomic E-state index is 0.817. The molecule has 1 aromatic carbocycles. The number of aryl methyl sites for hydroxylation is 1. The average molecular weight is 270 g/mol. The van der Waals surface area contributed by atoms with Crippen LogP contribution in [0.3, 0.4) is 0 Å². The quantitative estimate of drug-likeness (QED) is 0.791. The molecule has 0 fully saturated rings. The van der Waals surface area contributed by atoms with Crippen LogP contribution in [0.15, 0.2) is 48.2 Å². The summed E-state index contributed by atoms with van der Waals surface area (Å²) in [5, 5.41) is 7.61. The molecular weight excluding hydrogens is 256 g/mol. The Hall–Kier alpha value is -2.14. The summed E-state index contributed by atoms with van der Waals surface area (Å²) in [5.74, 6) is 0. The van der Waals surface area contributed by atoms with Crippen LogP contribution < -0.4 is 5.32 Å². The van der Waals surface area contributed by atoms with Crippen LogP contribution >= 0.6 is 11.3 Å². The van der Waals surface area contributed by atoms with Gasteiger partial charge in [-0.15, -0.1) is 11.3 Å². The Bertz CT molecular complexity index is 640. The molecule has 0 unspecified atom stereocenters. The zero-order valence-electron chi connectivity index (χ0n) is 10.6. The lowest BCUT2D eigenvalue weighted by Gasteiger charge is -2.07. The summed E-state index contributed by atoms with van der Waals surface area (Å²) >= 11 is 1.68. The molecule has 0 saturated heterocycles. The maximum Gasteiger partial charge on any atom is 0.0798 e. The fourth-order valence-electron chi connectivity index (χ4n) is 1.83. The largest absolute Gasteiger partial charge is 0.380 e. The molecule has 0 aliphatic rings. The minimum Gasteiger partial charge on any atom is -0.380 e. The fourth-order valence-corrected chi connectivity index (χ4v) is 2.55. The van der Waals surface area contributed by atoms with E-state index in [-0.39, 0.29) is 0 Å². The van der Waals surface area contributed by atoms with Crippen LogP contribution in [0.5, 0.6) is 0 Å². The number of rotatable bonds is 4. The van der Waals surface area contributed by atoms with Crippen LogP contribution in [0.2, 0.25) is 0 Å². The summed E-state index contributed by atoms with van der Waals surface area (Å²) < 4.78 is 1.84. The number of hydrogen-bond donors (Lipinski definition) is 1. The van der Waals surface area contributed by atoms with E-state index in [0.29, 0.717) is 0 Å². The summed E-state index contributed by atoms with van der Waals surface area (Å²) in [4.78, 5) is 5.52. The molecule has 3 rings (SSSR count). The van der Waals surface area contributed by atoms with Gasteiger partial charge in [0.05, 0.1) is 23.4 Å². The van der Waals surface area contributed by atoms with Gasteiger partial charge in [-0.25, -0.2) is 9.67 Å². The van der Waals surface area contributed by atoms with Crippen molar-refractivity contribution in [2.24, 2.45) is 0 Å². The molecule has 0 bridgehead atoms. The highest BCUT2D eigenvalue weighted by Gasteiger charge is 2.01. The molecule has 1 N–H and O–H groups in total. The van der Waals surface area contributed by atoms with Crippen molar-refractivity contribution < 1.29 is 0 Å². The first-order chi connectivity index (χ1) is 9.33. The molecule has 96 valence electrons. The molecule has 19 heavy (non-hydrogen) atoms. The van der Waals surface area contributed by atoms with E-state index < -0.39 is 0 Å². The Morgan fingerprint density at radius 3 is 2.74 bits per heavy atom. The van der Waals surface area contributed by atoms with Crippen molar-refractivity contribution in [3.63, 3.8) is 0 Å². The van der Waals surface area contributed by atoms with Crippen LogP contribution in [0, 0.1) is 6.92 Å². The predicted octanol–water partition coefficient (Wildman–Crippen LogP) is 3.25. The van der Waals surface area contributed by atoms with Gasteiger partial charge in [-0.05, 0) is 37.3 Å². The lowest BCUT2D eigenvalue weighted by atomic mass is 10.2. The highest BCUT2D eigenvalue weighted by Crippen LogP contribution is 2.16. The zero-order valence-corrected chi connectivity index (χ0v) is 11.4. The smallest absolute Gasteiger partial charge is 0.0798 e. The van der Waals surface area contributed by atoms with Gasteiger partial charge >= 0.3 is 0 Å². The molecule has 2 aromatic heterocycles. The van der Waals surface area contributed by atoms with Crippen LogP contribution in [-0.4, -0.2) is 14.8 Å². The van der Waals surface area contributed by atoms with E-state index >= 15 is 0 Å². The van der Waals surface area contributed by atoms with E-state index in [0.717, 1.165) is 23.6 Å². The molecule has 0 atom stereocenters. The van der Waals surface area contributed by atoms with E-state index in [9.17, 15) is 0 Å². The number of thiazole rings is 1. The standard InChI is InChI=1S/C14H14N4S/c1-11-14(19-10-16-11)9-15-12-3-5-13(6-4-12)18-8-2-7-17-18/h2-8,10,15H,9H2,1H3. The van der Waals surface area contributed by atoms with Crippen LogP contribution in [-0.2, 0) is 6.54 Å². The third kappa shape index (κ3) is 2.66. The van der Waals surface area contributed by atoms with E-state index in [1.165, 1.54) is 4.88 Å². The van der Waals surface area contributed by atoms with Crippen LogP contribution in [0.4, 0.5) is 5.69 Å². The van der Waals surface area contributed by atoms with Gasteiger partial charge < -0.3 is 5.32 Å². The van der Waals surface area contributed by atoms with Gasteiger partial charge in [0.1, 0.15) is 0 Å². The van der Waals surface area contributed by atoms with Crippen molar-refractivity contribution in [1.29, 1.82) is 0 Å². The van der Waals surface area contributed by atoms with E-state index in [1.807, 2.05) is 29.4 Å². The molecular formula is C14H14N4S. The third-order valence-electron chi connectivity index (χ3n) is 2.93. The van der Waals surface area contributed by atoms with Gasteiger partial charge in [0, 0.05) is 23.0 Å². The van der Waals surface area contributed by atoms with E-state index in [4.69, 9.17) is 0 Å². The Morgan fingerprint density at radius 1 is 1.26 bits per heavy atom. The van der Waals surface area contributed by atoms with Gasteiger partial charge in [0.15, 0.2) is 0 Å². The second kappa shape index (κ2) is 5.24. The molecule has 5 heteroatoms. The summed E-state index contributed by atoms with van der Waals surface area (Å²) in [7, 11) is 0. The maximum absolute atomic E-state index is 4.24. The van der Waals surface area contributed by atoms with Gasteiger partial charge in [0.25, 0.3) is 0 Å². The molecule has 0 aliphatic heterocycles. The number of benzene rings is 1. The van der Waals surface area contributed by atoms with Crippen molar-refractivity contribution in [3.05, 3.63) is 58.8 Å². The van der Waals surface area contributed by atoms with Crippen molar-refractivity contribution >= 4 is 17.0 Å². The highest BCUT2D eigenvalue weighted by atomic mass is 32.1. The van der Waals surface area contributed by atoms with Gasteiger partial charge in [-0.3, -0.25) is 0 Å². The number of anilines is 1. The van der Waals surface area contributed by atoms with E-state index in [1.54, 1.807) is 17.5 Å². The first-order valence-corrected chi connectivity index (χ1v) is 6.94. The second-order valence-electron chi connectivity index (χ2n) is 4.21. The number of nitrogens with one attached hydrogen (secondary N) is 1. The Morgan fingerprint density at radius 2 is 2.11 bits per heavy atom. The SMILES string of the molecule is Cc1ncsc1CNc1ccc(-n2cccn2)cc1. The predicted molar refractivity (Wildman–Crippen MR) is 77.7 cm³/mol.